The predicted octanol–water partition coefficient (Wildman–Crippen LogP) is 3.61. The zero-order valence-corrected chi connectivity index (χ0v) is 16.7. The third-order valence-electron chi connectivity index (χ3n) is 6.00. The Morgan fingerprint density at radius 3 is 2.62 bits per heavy atom. The van der Waals surface area contributed by atoms with Gasteiger partial charge in [-0.1, -0.05) is 12.1 Å². The summed E-state index contributed by atoms with van der Waals surface area (Å²) in [6.07, 6.45) is 0.712. The molecule has 0 amide bonds. The van der Waals surface area contributed by atoms with Gasteiger partial charge in [-0.15, -0.1) is 0 Å². The van der Waals surface area contributed by atoms with Crippen molar-refractivity contribution in [2.45, 2.75) is 44.0 Å². The highest BCUT2D eigenvalue weighted by atomic mass is 19.1. The Kier molecular flexibility index (Phi) is 5.76. The normalized spacial score (nSPS) is 22.0. The van der Waals surface area contributed by atoms with Gasteiger partial charge in [-0.25, -0.2) is 4.39 Å². The lowest BCUT2D eigenvalue weighted by atomic mass is 9.81. The quantitative estimate of drug-likeness (QED) is 0.802. The molecule has 0 saturated carbocycles. The zero-order chi connectivity index (χ0) is 20.4. The highest BCUT2D eigenvalue weighted by Gasteiger charge is 2.43. The van der Waals surface area contributed by atoms with Crippen molar-refractivity contribution < 1.29 is 24.1 Å². The second-order valence-corrected chi connectivity index (χ2v) is 8.01. The van der Waals surface area contributed by atoms with Crippen molar-refractivity contribution in [3.8, 4) is 11.5 Å². The van der Waals surface area contributed by atoms with Crippen LogP contribution in [0.3, 0.4) is 0 Å². The van der Waals surface area contributed by atoms with Crippen LogP contribution in [0, 0.1) is 5.82 Å². The van der Waals surface area contributed by atoms with Crippen molar-refractivity contribution in [1.29, 1.82) is 0 Å². The van der Waals surface area contributed by atoms with Crippen LogP contribution < -0.4 is 9.47 Å². The summed E-state index contributed by atoms with van der Waals surface area (Å²) >= 11 is 0. The highest BCUT2D eigenvalue weighted by molar-refractivity contribution is 5.38. The highest BCUT2D eigenvalue weighted by Crippen LogP contribution is 2.44. The number of piperidine rings is 1. The molecule has 0 aliphatic carbocycles. The van der Waals surface area contributed by atoms with Gasteiger partial charge in [0.2, 0.25) is 0 Å². The molecule has 0 radical (unpaired) electrons. The van der Waals surface area contributed by atoms with Gasteiger partial charge in [0.05, 0.1) is 18.8 Å². The van der Waals surface area contributed by atoms with Crippen LogP contribution in [0.15, 0.2) is 42.5 Å². The largest absolute Gasteiger partial charge is 0.494 e. The number of fused-ring (bicyclic) bond motifs is 1. The average molecular weight is 401 g/mol. The number of aliphatic hydroxyl groups is 2. The van der Waals surface area contributed by atoms with Gasteiger partial charge in [-0.3, -0.25) is 0 Å². The van der Waals surface area contributed by atoms with Crippen LogP contribution in [-0.4, -0.2) is 47.0 Å². The lowest BCUT2D eigenvalue weighted by Crippen LogP contribution is -2.51. The van der Waals surface area contributed by atoms with E-state index in [0.29, 0.717) is 30.9 Å². The number of hydrogen-bond donors (Lipinski definition) is 2. The molecule has 0 aromatic heterocycles. The van der Waals surface area contributed by atoms with Crippen LogP contribution in [0.2, 0.25) is 0 Å². The van der Waals surface area contributed by atoms with Gasteiger partial charge in [0.15, 0.2) is 0 Å². The minimum atomic E-state index is -0.713. The standard InChI is InChI=1S/C23H28FNO4/c1-2-28-18-6-3-16(4-7-18)21(27)15-25-11-9-23(10-12-25)14-20(26)19-13-17(24)5-8-22(19)29-23/h3-8,13,20-21,26-27H,2,9-12,14-15H2,1H3/t20-,21+/m1/s1. The van der Waals surface area contributed by atoms with E-state index in [0.717, 1.165) is 37.2 Å². The van der Waals surface area contributed by atoms with Crippen LogP contribution in [-0.2, 0) is 0 Å². The van der Waals surface area contributed by atoms with Crippen LogP contribution in [0.5, 0.6) is 11.5 Å². The third-order valence-corrected chi connectivity index (χ3v) is 6.00. The number of β-amino-alcohol motifs (C(OH)–C–C–N with tert-alkyl or cyclic N) is 1. The fourth-order valence-electron chi connectivity index (χ4n) is 4.36. The minimum Gasteiger partial charge on any atom is -0.494 e. The van der Waals surface area contributed by atoms with Crippen molar-refractivity contribution >= 4 is 0 Å². The van der Waals surface area contributed by atoms with E-state index in [2.05, 4.69) is 4.90 Å². The van der Waals surface area contributed by atoms with Crippen LogP contribution >= 0.6 is 0 Å². The van der Waals surface area contributed by atoms with Crippen molar-refractivity contribution in [2.75, 3.05) is 26.2 Å². The summed E-state index contributed by atoms with van der Waals surface area (Å²) in [4.78, 5) is 2.22. The van der Waals surface area contributed by atoms with E-state index >= 15 is 0 Å². The molecular weight excluding hydrogens is 373 g/mol. The van der Waals surface area contributed by atoms with Crippen molar-refractivity contribution in [2.24, 2.45) is 0 Å². The molecule has 2 aromatic rings. The summed E-state index contributed by atoms with van der Waals surface area (Å²) in [5.41, 5.74) is 0.975. The minimum absolute atomic E-state index is 0.361. The van der Waals surface area contributed by atoms with Crippen LogP contribution in [0.1, 0.15) is 49.5 Å². The van der Waals surface area contributed by atoms with Crippen molar-refractivity contribution in [3.05, 3.63) is 59.4 Å². The summed E-state index contributed by atoms with van der Waals surface area (Å²) in [5, 5.41) is 21.1. The Bertz CT molecular complexity index is 833. The number of benzene rings is 2. The topological polar surface area (TPSA) is 62.2 Å². The molecular formula is C23H28FNO4. The molecule has 2 atom stereocenters. The first-order chi connectivity index (χ1) is 14.0. The second-order valence-electron chi connectivity index (χ2n) is 8.01. The number of rotatable bonds is 5. The maximum absolute atomic E-state index is 13.5. The van der Waals surface area contributed by atoms with E-state index in [1.54, 1.807) is 6.07 Å². The third kappa shape index (κ3) is 4.39. The van der Waals surface area contributed by atoms with Gasteiger partial charge in [-0.2, -0.15) is 0 Å². The molecule has 1 fully saturated rings. The predicted molar refractivity (Wildman–Crippen MR) is 108 cm³/mol. The van der Waals surface area contributed by atoms with Gasteiger partial charge in [0.25, 0.3) is 0 Å². The number of halogens is 1. The van der Waals surface area contributed by atoms with E-state index in [1.807, 2.05) is 31.2 Å². The molecule has 1 spiro atoms. The average Bonchev–Trinajstić information content (AvgIpc) is 2.71. The van der Waals surface area contributed by atoms with E-state index in [9.17, 15) is 14.6 Å². The molecule has 156 valence electrons. The SMILES string of the molecule is CCOc1ccc([C@@H](O)CN2CCC3(CC2)C[C@@H](O)c2cc(F)ccc2O3)cc1. The Morgan fingerprint density at radius 1 is 1.21 bits per heavy atom. The number of aliphatic hydroxyl groups excluding tert-OH is 2. The van der Waals surface area contributed by atoms with Gasteiger partial charge in [0.1, 0.15) is 22.9 Å². The first kappa shape index (κ1) is 20.1. The number of ether oxygens (including phenoxy) is 2. The Morgan fingerprint density at radius 2 is 1.93 bits per heavy atom. The van der Waals surface area contributed by atoms with Crippen molar-refractivity contribution in [1.82, 2.24) is 4.90 Å². The number of nitrogens with zero attached hydrogens (tertiary/aromatic N) is 1. The fourth-order valence-corrected chi connectivity index (χ4v) is 4.36. The molecule has 4 rings (SSSR count). The molecule has 5 nitrogen and oxygen atoms in total. The zero-order valence-electron chi connectivity index (χ0n) is 16.7. The molecule has 6 heteroatoms. The summed E-state index contributed by atoms with van der Waals surface area (Å²) < 4.78 is 25.1. The monoisotopic (exact) mass is 401 g/mol. The molecule has 0 unspecified atom stereocenters. The summed E-state index contributed by atoms with van der Waals surface area (Å²) in [6.45, 7) is 4.66. The summed E-state index contributed by atoms with van der Waals surface area (Å²) in [5.74, 6) is 1.02. The molecule has 2 aliphatic heterocycles. The smallest absolute Gasteiger partial charge is 0.126 e. The number of hydrogen-bond acceptors (Lipinski definition) is 5. The van der Waals surface area contributed by atoms with Crippen LogP contribution in [0.25, 0.3) is 0 Å². The first-order valence-corrected chi connectivity index (χ1v) is 10.3. The van der Waals surface area contributed by atoms with E-state index in [4.69, 9.17) is 9.47 Å². The van der Waals surface area contributed by atoms with Gasteiger partial charge in [0, 0.05) is 31.6 Å². The molecule has 29 heavy (non-hydrogen) atoms. The van der Waals surface area contributed by atoms with Gasteiger partial charge >= 0.3 is 0 Å². The maximum Gasteiger partial charge on any atom is 0.126 e. The second kappa shape index (κ2) is 8.30. The first-order valence-electron chi connectivity index (χ1n) is 10.3. The molecule has 2 heterocycles. The maximum atomic E-state index is 13.5. The van der Waals surface area contributed by atoms with E-state index in [1.165, 1.54) is 12.1 Å². The lowest BCUT2D eigenvalue weighted by molar-refractivity contribution is -0.0589. The number of likely N-dealkylation sites (tertiary alicyclic amines) is 1. The molecule has 2 aromatic carbocycles. The van der Waals surface area contributed by atoms with Gasteiger partial charge < -0.3 is 24.6 Å². The fraction of sp³-hybridized carbons (Fsp3) is 0.478. The Balaban J connectivity index is 1.35. The Labute approximate surface area is 170 Å². The molecule has 2 aliphatic rings. The van der Waals surface area contributed by atoms with E-state index < -0.39 is 17.8 Å². The Hall–Kier alpha value is -2.15. The lowest BCUT2D eigenvalue weighted by Gasteiger charge is -2.46. The molecule has 1 saturated heterocycles. The summed E-state index contributed by atoms with van der Waals surface area (Å²) in [7, 11) is 0. The molecule has 2 N–H and O–H groups in total. The van der Waals surface area contributed by atoms with Crippen LogP contribution in [0.4, 0.5) is 4.39 Å². The van der Waals surface area contributed by atoms with Crippen molar-refractivity contribution in [3.63, 3.8) is 0 Å². The van der Waals surface area contributed by atoms with E-state index in [-0.39, 0.29) is 5.82 Å². The molecule has 0 bridgehead atoms. The summed E-state index contributed by atoms with van der Waals surface area (Å²) in [6, 6.07) is 11.9. The van der Waals surface area contributed by atoms with Gasteiger partial charge in [-0.05, 0) is 55.7 Å².